The molecule has 0 atom stereocenters. The monoisotopic (exact) mass is 515 g/mol. The molecule has 0 saturated carbocycles. The first kappa shape index (κ1) is 26.5. The normalized spacial score (nSPS) is 11.3. The third-order valence-corrected chi connectivity index (χ3v) is 4.80. The molecule has 0 fully saturated rings. The van der Waals surface area contributed by atoms with Crippen LogP contribution < -0.4 is 25.2 Å². The molecule has 3 aromatic rings. The maximum Gasteiger partial charge on any atom is 0.422 e. The van der Waals surface area contributed by atoms with Crippen molar-refractivity contribution in [1.29, 1.82) is 0 Å². The number of anilines is 1. The van der Waals surface area contributed by atoms with Gasteiger partial charge in [0.2, 0.25) is 5.88 Å². The number of alkyl halides is 3. The van der Waals surface area contributed by atoms with Crippen LogP contribution in [-0.2, 0) is 13.2 Å². The molecule has 2 N–H and O–H groups in total. The second-order valence-electron chi connectivity index (χ2n) is 7.06. The van der Waals surface area contributed by atoms with Crippen LogP contribution in [0.4, 0.5) is 23.2 Å². The maximum absolute atomic E-state index is 15.1. The summed E-state index contributed by atoms with van der Waals surface area (Å²) in [6.07, 6.45) is -4.82. The van der Waals surface area contributed by atoms with Crippen LogP contribution in [0.15, 0.2) is 29.1 Å². The van der Waals surface area contributed by atoms with E-state index in [9.17, 15) is 27.9 Å². The number of nitrogens with zero attached hydrogens (tertiary/aromatic N) is 4. The Kier molecular flexibility index (Phi) is 7.82. The van der Waals surface area contributed by atoms with Gasteiger partial charge in [0, 0.05) is 6.54 Å². The van der Waals surface area contributed by atoms with Crippen LogP contribution in [0.1, 0.15) is 23.1 Å². The Bertz CT molecular complexity index is 1300. The van der Waals surface area contributed by atoms with Crippen LogP contribution in [0.5, 0.6) is 17.4 Å². The van der Waals surface area contributed by atoms with Gasteiger partial charge in [-0.15, -0.1) is 5.10 Å². The lowest BCUT2D eigenvalue weighted by Crippen LogP contribution is -2.27. The van der Waals surface area contributed by atoms with Gasteiger partial charge in [-0.1, -0.05) is 6.07 Å². The van der Waals surface area contributed by atoms with Crippen molar-refractivity contribution in [1.82, 2.24) is 19.3 Å². The fraction of sp³-hybridized carbons (Fsp3) is 0.333. The number of carbonyl (C=O) groups is 1. The maximum atomic E-state index is 15.1. The number of carbonyl (C=O) groups excluding carboxylic acids is 1. The van der Waals surface area contributed by atoms with Crippen molar-refractivity contribution in [3.05, 3.63) is 52.0 Å². The molecule has 0 spiro atoms. The standard InChI is InChI=1S/C21H21F4N5O6/c1-4-29-15(9-31)28-30(20(29)33)17-12(22)8-11(19(27-17)36-10-21(23,24)25)18(32)26-16-13(34-2)6-5-7-14(16)35-3/h5-8,31H,4,9-10H2,1-3H3,(H,26,32). The van der Waals surface area contributed by atoms with Crippen molar-refractivity contribution in [2.24, 2.45) is 0 Å². The number of hydrogen-bond donors (Lipinski definition) is 2. The minimum absolute atomic E-state index is 0.0178. The van der Waals surface area contributed by atoms with Crippen LogP contribution in [0, 0.1) is 5.82 Å². The molecular weight excluding hydrogens is 494 g/mol. The molecule has 0 aliphatic rings. The Morgan fingerprint density at radius 3 is 2.33 bits per heavy atom. The van der Waals surface area contributed by atoms with Crippen LogP contribution in [0.2, 0.25) is 0 Å². The number of aromatic nitrogens is 4. The van der Waals surface area contributed by atoms with Gasteiger partial charge >= 0.3 is 11.9 Å². The molecular formula is C21H21F4N5O6. The summed E-state index contributed by atoms with van der Waals surface area (Å²) in [6.45, 7) is -0.900. The highest BCUT2D eigenvalue weighted by molar-refractivity contribution is 6.07. The minimum atomic E-state index is -4.82. The van der Waals surface area contributed by atoms with Gasteiger partial charge in [-0.3, -0.25) is 9.36 Å². The number of ether oxygens (including phenoxy) is 3. The number of rotatable bonds is 9. The highest BCUT2D eigenvalue weighted by Gasteiger charge is 2.31. The number of aliphatic hydroxyl groups excluding tert-OH is 1. The Hall–Kier alpha value is -4.14. The number of benzene rings is 1. The Labute approximate surface area is 200 Å². The molecule has 2 aromatic heterocycles. The first-order valence-electron chi connectivity index (χ1n) is 10.3. The van der Waals surface area contributed by atoms with E-state index in [0.29, 0.717) is 10.7 Å². The summed E-state index contributed by atoms with van der Waals surface area (Å²) in [7, 11) is 2.62. The van der Waals surface area contributed by atoms with Crippen molar-refractivity contribution >= 4 is 11.6 Å². The minimum Gasteiger partial charge on any atom is -0.494 e. The summed E-state index contributed by atoms with van der Waals surface area (Å²) < 4.78 is 70.2. The second-order valence-corrected chi connectivity index (χ2v) is 7.06. The number of nitrogens with one attached hydrogen (secondary N) is 1. The van der Waals surface area contributed by atoms with Gasteiger partial charge in [0.1, 0.15) is 29.4 Å². The lowest BCUT2D eigenvalue weighted by molar-refractivity contribution is -0.154. The molecule has 2 heterocycles. The Morgan fingerprint density at radius 2 is 1.83 bits per heavy atom. The fourth-order valence-electron chi connectivity index (χ4n) is 3.20. The largest absolute Gasteiger partial charge is 0.494 e. The lowest BCUT2D eigenvalue weighted by atomic mass is 10.2. The van der Waals surface area contributed by atoms with Gasteiger partial charge in [0.15, 0.2) is 24.1 Å². The van der Waals surface area contributed by atoms with Gasteiger partial charge in [-0.2, -0.15) is 22.8 Å². The summed E-state index contributed by atoms with van der Waals surface area (Å²) in [5, 5.41) is 15.6. The van der Waals surface area contributed by atoms with E-state index < -0.39 is 54.1 Å². The number of para-hydroxylation sites is 1. The predicted molar refractivity (Wildman–Crippen MR) is 116 cm³/mol. The zero-order valence-electron chi connectivity index (χ0n) is 19.2. The third-order valence-electron chi connectivity index (χ3n) is 4.80. The van der Waals surface area contributed by atoms with Crippen molar-refractivity contribution in [3.63, 3.8) is 0 Å². The average Bonchev–Trinajstić information content (AvgIpc) is 3.17. The highest BCUT2D eigenvalue weighted by atomic mass is 19.4. The number of aliphatic hydroxyl groups is 1. The second kappa shape index (κ2) is 10.6. The van der Waals surface area contributed by atoms with Crippen molar-refractivity contribution in [2.75, 3.05) is 26.1 Å². The van der Waals surface area contributed by atoms with Crippen LogP contribution in [0.3, 0.4) is 0 Å². The van der Waals surface area contributed by atoms with E-state index in [1.807, 2.05) is 0 Å². The molecule has 15 heteroatoms. The summed E-state index contributed by atoms with van der Waals surface area (Å²) in [6, 6.07) is 5.09. The van der Waals surface area contributed by atoms with E-state index in [1.165, 1.54) is 26.4 Å². The zero-order valence-corrected chi connectivity index (χ0v) is 19.2. The molecule has 0 radical (unpaired) electrons. The average molecular weight is 515 g/mol. The van der Waals surface area contributed by atoms with Crippen LogP contribution in [0.25, 0.3) is 5.82 Å². The zero-order chi connectivity index (χ0) is 26.6. The summed E-state index contributed by atoms with van der Waals surface area (Å²) in [4.78, 5) is 29.2. The molecule has 1 aromatic carbocycles. The van der Waals surface area contributed by atoms with E-state index in [-0.39, 0.29) is 29.6 Å². The molecule has 0 bridgehead atoms. The quantitative estimate of drug-likeness (QED) is 0.416. The smallest absolute Gasteiger partial charge is 0.422 e. The molecule has 1 amide bonds. The molecule has 36 heavy (non-hydrogen) atoms. The first-order valence-corrected chi connectivity index (χ1v) is 10.3. The number of halogens is 4. The summed E-state index contributed by atoms with van der Waals surface area (Å²) in [5.74, 6) is -3.94. The predicted octanol–water partition coefficient (Wildman–Crippen LogP) is 2.29. The Balaban J connectivity index is 2.13. The molecule has 0 saturated heterocycles. The summed E-state index contributed by atoms with van der Waals surface area (Å²) in [5.41, 5.74) is -1.60. The number of methoxy groups -OCH3 is 2. The van der Waals surface area contributed by atoms with Gasteiger partial charge in [-0.25, -0.2) is 9.18 Å². The van der Waals surface area contributed by atoms with Gasteiger partial charge < -0.3 is 24.6 Å². The molecule has 194 valence electrons. The van der Waals surface area contributed by atoms with E-state index in [4.69, 9.17) is 14.2 Å². The topological polar surface area (TPSA) is 130 Å². The molecule has 3 rings (SSSR count). The number of amides is 1. The van der Waals surface area contributed by atoms with Crippen molar-refractivity contribution < 1.29 is 41.7 Å². The van der Waals surface area contributed by atoms with Crippen LogP contribution >= 0.6 is 0 Å². The van der Waals surface area contributed by atoms with Crippen molar-refractivity contribution in [3.8, 4) is 23.2 Å². The van der Waals surface area contributed by atoms with E-state index in [1.54, 1.807) is 13.0 Å². The molecule has 11 nitrogen and oxygen atoms in total. The van der Waals surface area contributed by atoms with Crippen molar-refractivity contribution in [2.45, 2.75) is 26.3 Å². The van der Waals surface area contributed by atoms with Gasteiger partial charge in [0.25, 0.3) is 5.91 Å². The molecule has 0 aliphatic heterocycles. The third kappa shape index (κ3) is 5.40. The Morgan fingerprint density at radius 1 is 1.19 bits per heavy atom. The van der Waals surface area contributed by atoms with E-state index >= 15 is 4.39 Å². The molecule has 0 aliphatic carbocycles. The number of hydrogen-bond acceptors (Lipinski definition) is 8. The van der Waals surface area contributed by atoms with Crippen LogP contribution in [-0.4, -0.2) is 57.3 Å². The lowest BCUT2D eigenvalue weighted by Gasteiger charge is -2.16. The number of pyridine rings is 1. The highest BCUT2D eigenvalue weighted by Crippen LogP contribution is 2.35. The fourth-order valence-corrected chi connectivity index (χ4v) is 3.20. The van der Waals surface area contributed by atoms with E-state index in [2.05, 4.69) is 15.4 Å². The summed E-state index contributed by atoms with van der Waals surface area (Å²) >= 11 is 0. The van der Waals surface area contributed by atoms with Gasteiger partial charge in [0.05, 0.1) is 14.2 Å². The van der Waals surface area contributed by atoms with Gasteiger partial charge in [-0.05, 0) is 25.1 Å². The molecule has 0 unspecified atom stereocenters. The van der Waals surface area contributed by atoms with E-state index in [0.717, 1.165) is 4.57 Å². The first-order chi connectivity index (χ1) is 17.0. The SMILES string of the molecule is CCn1c(CO)nn(-c2nc(OCC(F)(F)F)c(C(=O)Nc3c(OC)cccc3OC)cc2F)c1=O.